The maximum absolute atomic E-state index is 14.6. The van der Waals surface area contributed by atoms with Crippen LogP contribution in [0, 0.1) is 18.3 Å². The fourth-order valence-corrected chi connectivity index (χ4v) is 4.64. The molecule has 0 saturated carbocycles. The molecule has 1 saturated heterocycles. The summed E-state index contributed by atoms with van der Waals surface area (Å²) in [6.07, 6.45) is 1.58. The van der Waals surface area contributed by atoms with Gasteiger partial charge in [0.05, 0.1) is 17.5 Å². The number of fused-ring (bicyclic) bond motifs is 1. The number of nitrogens with zero attached hydrogens (tertiary/aromatic N) is 6. The van der Waals surface area contributed by atoms with Crippen molar-refractivity contribution in [2.75, 3.05) is 13.1 Å². The lowest BCUT2D eigenvalue weighted by Gasteiger charge is -2.30. The summed E-state index contributed by atoms with van der Waals surface area (Å²) in [6, 6.07) is 8.72. The standard InChI is InChI=1S/C24H20ClF2N7O/c1-29-19-7-5-13(10-17(19)26)23-30-20(24(35)33-9-3-4-14(28)12-33)21(25)34(23)15-6-8-18-16(11-15)22(27)32(2)31-18/h5-8,10-11,14H,3-4,9,12,28H2,2H3/t14-/m1/s1. The van der Waals surface area contributed by atoms with E-state index in [1.807, 2.05) is 0 Å². The zero-order chi connectivity index (χ0) is 24.9. The molecule has 0 unspecified atom stereocenters. The Morgan fingerprint density at radius 2 is 2.06 bits per heavy atom. The van der Waals surface area contributed by atoms with E-state index in [2.05, 4.69) is 14.9 Å². The lowest BCUT2D eigenvalue weighted by Crippen LogP contribution is -2.45. The summed E-state index contributed by atoms with van der Waals surface area (Å²) in [5, 5.41) is 4.37. The van der Waals surface area contributed by atoms with E-state index < -0.39 is 17.7 Å². The highest BCUT2D eigenvalue weighted by Crippen LogP contribution is 2.34. The number of halogens is 3. The summed E-state index contributed by atoms with van der Waals surface area (Å²) < 4.78 is 31.7. The number of nitrogens with two attached hydrogens (primary N) is 1. The van der Waals surface area contributed by atoms with Gasteiger partial charge in [-0.1, -0.05) is 23.7 Å². The number of hydrogen-bond acceptors (Lipinski definition) is 4. The van der Waals surface area contributed by atoms with E-state index in [-0.39, 0.29) is 33.8 Å². The predicted octanol–water partition coefficient (Wildman–Crippen LogP) is 4.47. The van der Waals surface area contributed by atoms with E-state index in [1.54, 1.807) is 23.1 Å². The molecule has 8 nitrogen and oxygen atoms in total. The number of imidazole rings is 1. The average molecular weight is 496 g/mol. The van der Waals surface area contributed by atoms with Gasteiger partial charge in [-0.05, 0) is 37.1 Å². The smallest absolute Gasteiger partial charge is 0.275 e. The summed E-state index contributed by atoms with van der Waals surface area (Å²) in [5.41, 5.74) is 7.05. The van der Waals surface area contributed by atoms with Gasteiger partial charge < -0.3 is 10.6 Å². The van der Waals surface area contributed by atoms with Gasteiger partial charge in [-0.3, -0.25) is 9.36 Å². The van der Waals surface area contributed by atoms with Crippen molar-refractivity contribution in [1.29, 1.82) is 0 Å². The van der Waals surface area contributed by atoms with Gasteiger partial charge in [-0.2, -0.15) is 9.49 Å². The molecular formula is C24H20ClF2N7O. The first-order valence-corrected chi connectivity index (χ1v) is 11.3. The van der Waals surface area contributed by atoms with Crippen LogP contribution in [0.2, 0.25) is 5.15 Å². The highest BCUT2D eigenvalue weighted by molar-refractivity contribution is 6.33. The minimum atomic E-state index is -0.730. The fourth-order valence-electron chi connectivity index (χ4n) is 4.34. The first-order chi connectivity index (χ1) is 16.8. The van der Waals surface area contributed by atoms with Gasteiger partial charge in [-0.25, -0.2) is 18.9 Å². The number of carbonyl (C=O) groups excluding carboxylic acids is 1. The van der Waals surface area contributed by atoms with Crippen molar-refractivity contribution in [3.63, 3.8) is 0 Å². The van der Waals surface area contributed by atoms with Crippen molar-refractivity contribution in [3.8, 4) is 17.1 Å². The summed E-state index contributed by atoms with van der Waals surface area (Å²) in [6.45, 7) is 7.99. The molecule has 0 radical (unpaired) electrons. The van der Waals surface area contributed by atoms with E-state index in [4.69, 9.17) is 23.9 Å². The highest BCUT2D eigenvalue weighted by Gasteiger charge is 2.29. The third-order valence-electron chi connectivity index (χ3n) is 6.10. The zero-order valence-corrected chi connectivity index (χ0v) is 19.4. The normalized spacial score (nSPS) is 16.0. The number of aromatic nitrogens is 4. The van der Waals surface area contributed by atoms with Crippen LogP contribution >= 0.6 is 11.6 Å². The maximum atomic E-state index is 14.6. The van der Waals surface area contributed by atoms with Crippen LogP contribution in [0.25, 0.3) is 32.8 Å². The number of rotatable bonds is 3. The van der Waals surface area contributed by atoms with Crippen molar-refractivity contribution in [3.05, 3.63) is 70.4 Å². The Hall–Kier alpha value is -3.81. The molecule has 1 fully saturated rings. The van der Waals surface area contributed by atoms with Gasteiger partial charge in [0, 0.05) is 37.4 Å². The number of aryl methyl sites for hydroxylation is 1. The number of carbonyl (C=O) groups is 1. The molecule has 1 aliphatic rings. The predicted molar refractivity (Wildman–Crippen MR) is 128 cm³/mol. The SMILES string of the molecule is [C-]#[N+]c1ccc(-c2nc(C(=O)N3CCC[C@@H](N)C3)c(Cl)n2-c2ccc3nn(C)c(F)c3c2)cc1F. The first kappa shape index (κ1) is 23.0. The van der Waals surface area contributed by atoms with E-state index in [9.17, 15) is 13.6 Å². The van der Waals surface area contributed by atoms with Crippen LogP contribution in [0.1, 0.15) is 23.3 Å². The van der Waals surface area contributed by atoms with Gasteiger partial charge in [0.1, 0.15) is 16.8 Å². The number of benzene rings is 2. The summed E-state index contributed by atoms with van der Waals surface area (Å²) in [4.78, 5) is 22.6. The monoisotopic (exact) mass is 495 g/mol. The largest absolute Gasteiger partial charge is 0.336 e. The van der Waals surface area contributed by atoms with Crippen molar-refractivity contribution >= 4 is 34.1 Å². The van der Waals surface area contributed by atoms with Crippen molar-refractivity contribution in [1.82, 2.24) is 24.2 Å². The molecule has 35 heavy (non-hydrogen) atoms. The van der Waals surface area contributed by atoms with Gasteiger partial charge in [0.2, 0.25) is 11.6 Å². The highest BCUT2D eigenvalue weighted by atomic mass is 35.5. The van der Waals surface area contributed by atoms with Crippen LogP contribution in [0.4, 0.5) is 14.5 Å². The zero-order valence-electron chi connectivity index (χ0n) is 18.7. The summed E-state index contributed by atoms with van der Waals surface area (Å²) in [5.74, 6) is -1.48. The lowest BCUT2D eigenvalue weighted by atomic mass is 10.1. The Labute approximate surface area is 204 Å². The molecule has 1 aliphatic heterocycles. The Morgan fingerprint density at radius 3 is 2.77 bits per heavy atom. The van der Waals surface area contributed by atoms with Crippen molar-refractivity contribution in [2.45, 2.75) is 18.9 Å². The molecule has 4 aromatic rings. The topological polar surface area (TPSA) is 86.3 Å². The molecule has 0 spiro atoms. The number of amides is 1. The number of likely N-dealkylation sites (tertiary alicyclic amines) is 1. The Balaban J connectivity index is 1.70. The fraction of sp³-hybridized carbons (Fsp3) is 0.250. The van der Waals surface area contributed by atoms with Crippen molar-refractivity contribution in [2.24, 2.45) is 12.8 Å². The number of piperidine rings is 1. The quantitative estimate of drug-likeness (QED) is 0.425. The first-order valence-electron chi connectivity index (χ1n) is 10.9. The Bertz CT molecular complexity index is 1520. The van der Waals surface area contributed by atoms with E-state index in [0.717, 1.165) is 23.6 Å². The van der Waals surface area contributed by atoms with Gasteiger partial charge in [-0.15, -0.1) is 0 Å². The Kier molecular flexibility index (Phi) is 5.75. The third kappa shape index (κ3) is 3.92. The molecule has 3 heterocycles. The van der Waals surface area contributed by atoms with E-state index in [1.165, 1.54) is 23.7 Å². The molecule has 1 amide bonds. The molecule has 5 rings (SSSR count). The molecule has 1 atom stereocenters. The van der Waals surface area contributed by atoms with Crippen LogP contribution in [-0.4, -0.2) is 49.3 Å². The number of hydrogen-bond donors (Lipinski definition) is 1. The second-order valence-electron chi connectivity index (χ2n) is 8.46. The lowest BCUT2D eigenvalue weighted by molar-refractivity contribution is 0.0703. The Morgan fingerprint density at radius 1 is 1.26 bits per heavy atom. The van der Waals surface area contributed by atoms with Crippen LogP contribution < -0.4 is 5.73 Å². The molecule has 178 valence electrons. The maximum Gasteiger partial charge on any atom is 0.275 e. The summed E-state index contributed by atoms with van der Waals surface area (Å²) in [7, 11) is 1.49. The molecule has 2 aromatic carbocycles. The molecule has 0 bridgehead atoms. The molecule has 11 heteroatoms. The van der Waals surface area contributed by atoms with Gasteiger partial charge in [0.15, 0.2) is 5.69 Å². The molecule has 2 aromatic heterocycles. The van der Waals surface area contributed by atoms with Crippen molar-refractivity contribution < 1.29 is 13.6 Å². The molecule has 2 N–H and O–H groups in total. The van der Waals surface area contributed by atoms with Gasteiger partial charge >= 0.3 is 0 Å². The van der Waals surface area contributed by atoms with Crippen LogP contribution in [0.5, 0.6) is 0 Å². The van der Waals surface area contributed by atoms with Crippen LogP contribution in [-0.2, 0) is 7.05 Å². The second kappa shape index (κ2) is 8.76. The molecular weight excluding hydrogens is 476 g/mol. The van der Waals surface area contributed by atoms with Gasteiger partial charge in [0.25, 0.3) is 5.91 Å². The van der Waals surface area contributed by atoms with Crippen LogP contribution in [0.3, 0.4) is 0 Å². The van der Waals surface area contributed by atoms with E-state index >= 15 is 0 Å². The summed E-state index contributed by atoms with van der Waals surface area (Å²) >= 11 is 6.72. The second-order valence-corrected chi connectivity index (χ2v) is 8.82. The van der Waals surface area contributed by atoms with Crippen LogP contribution in [0.15, 0.2) is 36.4 Å². The minimum absolute atomic E-state index is 0.00228. The van der Waals surface area contributed by atoms with E-state index in [0.29, 0.717) is 29.9 Å². The molecule has 0 aliphatic carbocycles. The minimum Gasteiger partial charge on any atom is -0.336 e. The average Bonchev–Trinajstić information content (AvgIpc) is 3.34. The third-order valence-corrected chi connectivity index (χ3v) is 6.45.